The van der Waals surface area contributed by atoms with Crippen LogP contribution < -0.4 is 5.32 Å². The zero-order chi connectivity index (χ0) is 15.3. The van der Waals surface area contributed by atoms with Gasteiger partial charge in [-0.25, -0.2) is 13.2 Å². The van der Waals surface area contributed by atoms with Crippen LogP contribution in [0.4, 0.5) is 5.69 Å². The average Bonchev–Trinajstić information content (AvgIpc) is 2.84. The lowest BCUT2D eigenvalue weighted by Crippen LogP contribution is -2.37. The predicted octanol–water partition coefficient (Wildman–Crippen LogP) is 1.67. The van der Waals surface area contributed by atoms with E-state index in [9.17, 15) is 18.0 Å². The highest BCUT2D eigenvalue weighted by Gasteiger charge is 2.47. The molecule has 1 aliphatic carbocycles. The molecule has 112 valence electrons. The van der Waals surface area contributed by atoms with Crippen LogP contribution in [-0.4, -0.2) is 31.2 Å². The summed E-state index contributed by atoms with van der Waals surface area (Å²) in [6, 6.07) is 3.77. The van der Waals surface area contributed by atoms with E-state index in [1.54, 1.807) is 0 Å². The third kappa shape index (κ3) is 2.21. The Morgan fingerprint density at radius 2 is 1.90 bits per heavy atom. The molecular formula is C14H15NO5S. The van der Waals surface area contributed by atoms with Gasteiger partial charge in [-0.05, 0) is 31.0 Å². The summed E-state index contributed by atoms with van der Waals surface area (Å²) in [7, 11) is -3.71. The zero-order valence-corrected chi connectivity index (χ0v) is 12.1. The summed E-state index contributed by atoms with van der Waals surface area (Å²) in [5, 5.41) is 11.7. The van der Waals surface area contributed by atoms with Crippen LogP contribution in [0.3, 0.4) is 0 Å². The van der Waals surface area contributed by atoms with E-state index in [2.05, 4.69) is 5.32 Å². The minimum absolute atomic E-state index is 0.0977. The van der Waals surface area contributed by atoms with Crippen molar-refractivity contribution in [2.45, 2.75) is 30.6 Å². The van der Waals surface area contributed by atoms with Crippen molar-refractivity contribution in [1.29, 1.82) is 0 Å². The molecular weight excluding hydrogens is 294 g/mol. The minimum Gasteiger partial charge on any atom is -0.478 e. The Morgan fingerprint density at radius 3 is 2.52 bits per heavy atom. The second-order valence-corrected chi connectivity index (χ2v) is 7.67. The molecule has 7 heteroatoms. The first-order valence-corrected chi connectivity index (χ1v) is 8.41. The van der Waals surface area contributed by atoms with Crippen molar-refractivity contribution in [3.05, 3.63) is 23.8 Å². The first-order chi connectivity index (χ1) is 9.84. The molecule has 1 aliphatic heterocycles. The monoisotopic (exact) mass is 309 g/mol. The van der Waals surface area contributed by atoms with E-state index in [-0.39, 0.29) is 27.8 Å². The Labute approximate surface area is 122 Å². The van der Waals surface area contributed by atoms with Crippen molar-refractivity contribution in [2.24, 2.45) is 5.41 Å². The van der Waals surface area contributed by atoms with Crippen molar-refractivity contribution in [1.82, 2.24) is 0 Å². The van der Waals surface area contributed by atoms with Crippen LogP contribution in [0.5, 0.6) is 0 Å². The van der Waals surface area contributed by atoms with Gasteiger partial charge in [0.2, 0.25) is 5.91 Å². The molecule has 1 fully saturated rings. The number of carboxylic acid groups (broad SMARTS) is 1. The van der Waals surface area contributed by atoms with Crippen molar-refractivity contribution < 1.29 is 23.1 Å². The third-order valence-electron chi connectivity index (χ3n) is 4.32. The van der Waals surface area contributed by atoms with Crippen LogP contribution in [0, 0.1) is 5.41 Å². The first kappa shape index (κ1) is 14.1. The normalized spacial score (nSPS) is 22.4. The quantitative estimate of drug-likeness (QED) is 0.822. The summed E-state index contributed by atoms with van der Waals surface area (Å²) in [5.41, 5.74) is -0.802. The summed E-state index contributed by atoms with van der Waals surface area (Å²) >= 11 is 0. The molecule has 0 atom stereocenters. The van der Waals surface area contributed by atoms with Gasteiger partial charge >= 0.3 is 5.97 Å². The van der Waals surface area contributed by atoms with Gasteiger partial charge in [0.05, 0.1) is 27.3 Å². The van der Waals surface area contributed by atoms with Crippen LogP contribution in [-0.2, 0) is 14.6 Å². The maximum absolute atomic E-state index is 12.6. The van der Waals surface area contributed by atoms with E-state index in [1.165, 1.54) is 12.1 Å². The van der Waals surface area contributed by atoms with E-state index in [0.717, 1.165) is 18.9 Å². The summed E-state index contributed by atoms with van der Waals surface area (Å²) in [4.78, 5) is 23.3. The van der Waals surface area contributed by atoms with E-state index in [1.807, 2.05) is 0 Å². The number of anilines is 1. The molecule has 2 aliphatic rings. The number of hydrogen-bond acceptors (Lipinski definition) is 4. The maximum atomic E-state index is 12.6. The molecule has 1 aromatic carbocycles. The van der Waals surface area contributed by atoms with Gasteiger partial charge in [0.15, 0.2) is 9.84 Å². The Balaban J connectivity index is 2.15. The lowest BCUT2D eigenvalue weighted by Gasteiger charge is -2.23. The van der Waals surface area contributed by atoms with Gasteiger partial charge < -0.3 is 10.4 Å². The largest absolute Gasteiger partial charge is 0.478 e. The maximum Gasteiger partial charge on any atom is 0.335 e. The smallest absolute Gasteiger partial charge is 0.335 e. The summed E-state index contributed by atoms with van der Waals surface area (Å²) in [6.45, 7) is 0. The molecule has 0 saturated heterocycles. The van der Waals surface area contributed by atoms with E-state index in [0.29, 0.717) is 12.8 Å². The summed E-state index contributed by atoms with van der Waals surface area (Å²) < 4.78 is 25.2. The van der Waals surface area contributed by atoms with Gasteiger partial charge in [-0.15, -0.1) is 0 Å². The van der Waals surface area contributed by atoms with Crippen LogP contribution in [0.15, 0.2) is 23.1 Å². The molecule has 21 heavy (non-hydrogen) atoms. The number of amides is 1. The minimum atomic E-state index is -3.71. The highest BCUT2D eigenvalue weighted by Crippen LogP contribution is 2.44. The highest BCUT2D eigenvalue weighted by atomic mass is 32.2. The van der Waals surface area contributed by atoms with Crippen molar-refractivity contribution in [2.75, 3.05) is 11.1 Å². The lowest BCUT2D eigenvalue weighted by molar-refractivity contribution is -0.124. The van der Waals surface area contributed by atoms with Gasteiger partial charge in [-0.3, -0.25) is 4.79 Å². The molecule has 6 nitrogen and oxygen atoms in total. The molecule has 0 radical (unpaired) electrons. The number of benzene rings is 1. The SMILES string of the molecule is O=C(O)c1ccc2c(c1)S(=O)(=O)CC1(CCCC1)C(=O)N2. The molecule has 2 N–H and O–H groups in total. The summed E-state index contributed by atoms with van der Waals surface area (Å²) in [5.74, 6) is -1.72. The molecule has 1 heterocycles. The fourth-order valence-electron chi connectivity index (χ4n) is 3.20. The number of carboxylic acids is 1. The number of fused-ring (bicyclic) bond motifs is 1. The molecule has 0 bridgehead atoms. The van der Waals surface area contributed by atoms with Crippen molar-refractivity contribution >= 4 is 27.4 Å². The number of nitrogens with one attached hydrogen (secondary N) is 1. The Bertz CT molecular complexity index is 732. The molecule has 1 spiro atoms. The zero-order valence-electron chi connectivity index (χ0n) is 11.3. The molecule has 1 aromatic rings. The number of carbonyl (C=O) groups is 2. The van der Waals surface area contributed by atoms with Gasteiger partial charge in [-0.1, -0.05) is 12.8 Å². The van der Waals surface area contributed by atoms with Crippen LogP contribution in [0.1, 0.15) is 36.0 Å². The molecule has 0 aromatic heterocycles. The predicted molar refractivity (Wildman–Crippen MR) is 75.0 cm³/mol. The van der Waals surface area contributed by atoms with Crippen molar-refractivity contribution in [3.8, 4) is 0 Å². The number of carbonyl (C=O) groups excluding carboxylic acids is 1. The third-order valence-corrected chi connectivity index (χ3v) is 6.26. The fourth-order valence-corrected chi connectivity index (χ4v) is 5.26. The number of aromatic carboxylic acids is 1. The van der Waals surface area contributed by atoms with E-state index in [4.69, 9.17) is 5.11 Å². The van der Waals surface area contributed by atoms with E-state index < -0.39 is 21.2 Å². The Hall–Kier alpha value is -1.89. The standard InChI is InChI=1S/C14H15NO5S/c16-12(17)9-3-4-10-11(7-9)21(19,20)8-14(13(18)15-10)5-1-2-6-14/h3-4,7H,1-2,5-6,8H2,(H,15,18)(H,16,17). The number of rotatable bonds is 1. The second kappa shape index (κ2) is 4.56. The molecule has 3 rings (SSSR count). The van der Waals surface area contributed by atoms with Gasteiger partial charge in [-0.2, -0.15) is 0 Å². The molecule has 0 unspecified atom stereocenters. The second-order valence-electron chi connectivity index (χ2n) is 5.72. The molecule has 1 amide bonds. The fraction of sp³-hybridized carbons (Fsp3) is 0.429. The van der Waals surface area contributed by atoms with Crippen molar-refractivity contribution in [3.63, 3.8) is 0 Å². The van der Waals surface area contributed by atoms with Gasteiger partial charge in [0.1, 0.15) is 0 Å². The van der Waals surface area contributed by atoms with E-state index >= 15 is 0 Å². The first-order valence-electron chi connectivity index (χ1n) is 6.76. The summed E-state index contributed by atoms with van der Waals surface area (Å²) in [6.07, 6.45) is 2.77. The van der Waals surface area contributed by atoms with Gasteiger partial charge in [0, 0.05) is 0 Å². The Morgan fingerprint density at radius 1 is 1.24 bits per heavy atom. The number of sulfone groups is 1. The number of hydrogen-bond donors (Lipinski definition) is 2. The average molecular weight is 309 g/mol. The molecule has 1 saturated carbocycles. The van der Waals surface area contributed by atoms with Gasteiger partial charge in [0.25, 0.3) is 0 Å². The van der Waals surface area contributed by atoms with Crippen LogP contribution in [0.2, 0.25) is 0 Å². The topological polar surface area (TPSA) is 101 Å². The highest BCUT2D eigenvalue weighted by molar-refractivity contribution is 7.91. The Kier molecular flexibility index (Phi) is 3.05. The lowest BCUT2D eigenvalue weighted by atomic mass is 9.87. The van der Waals surface area contributed by atoms with Crippen LogP contribution >= 0.6 is 0 Å². The van der Waals surface area contributed by atoms with Crippen LogP contribution in [0.25, 0.3) is 0 Å².